The van der Waals surface area contributed by atoms with Crippen LogP contribution in [0.1, 0.15) is 37.8 Å². The number of amides is 1. The lowest BCUT2D eigenvalue weighted by Gasteiger charge is -2.11. The average molecular weight is 404 g/mol. The number of fused-ring (bicyclic) bond motifs is 1. The summed E-state index contributed by atoms with van der Waals surface area (Å²) in [7, 11) is -3.69. The molecule has 0 aliphatic rings. The molecule has 0 spiro atoms. The van der Waals surface area contributed by atoms with Gasteiger partial charge in [0.15, 0.2) is 5.13 Å². The maximum absolute atomic E-state index is 12.7. The Kier molecular flexibility index (Phi) is 5.21. The summed E-state index contributed by atoms with van der Waals surface area (Å²) in [4.78, 5) is 15.8. The lowest BCUT2D eigenvalue weighted by Crippen LogP contribution is -2.13. The molecule has 0 saturated heterocycles. The molecule has 0 fully saturated rings. The largest absolute Gasteiger partial charge is 0.302 e. The van der Waals surface area contributed by atoms with E-state index in [0.29, 0.717) is 16.7 Å². The highest BCUT2D eigenvalue weighted by molar-refractivity contribution is 7.92. The van der Waals surface area contributed by atoms with Gasteiger partial charge in [-0.15, -0.1) is 0 Å². The Morgan fingerprint density at radius 3 is 2.41 bits per heavy atom. The van der Waals surface area contributed by atoms with Crippen molar-refractivity contribution in [2.45, 2.75) is 38.5 Å². The van der Waals surface area contributed by atoms with E-state index in [0.717, 1.165) is 21.3 Å². The van der Waals surface area contributed by atoms with Crippen molar-refractivity contribution in [2.75, 3.05) is 10.0 Å². The lowest BCUT2D eigenvalue weighted by atomic mass is 10.0. The minimum absolute atomic E-state index is 0.197. The number of rotatable bonds is 5. The quantitative estimate of drug-likeness (QED) is 0.657. The Morgan fingerprint density at radius 2 is 1.81 bits per heavy atom. The normalized spacial score (nSPS) is 11.7. The van der Waals surface area contributed by atoms with E-state index in [1.165, 1.54) is 18.3 Å². The topological polar surface area (TPSA) is 88.2 Å². The number of aromatic nitrogens is 1. The number of carbonyl (C=O) groups excluding carboxylic acids is 1. The van der Waals surface area contributed by atoms with E-state index in [1.54, 1.807) is 24.3 Å². The van der Waals surface area contributed by atoms with Gasteiger partial charge in [-0.05, 0) is 48.2 Å². The second-order valence-electron chi connectivity index (χ2n) is 6.67. The van der Waals surface area contributed by atoms with Gasteiger partial charge in [0.2, 0.25) is 5.91 Å². The van der Waals surface area contributed by atoms with Crippen molar-refractivity contribution in [2.24, 2.45) is 0 Å². The Labute approximate surface area is 162 Å². The molecule has 142 valence electrons. The number of hydrogen-bond donors (Lipinski definition) is 2. The Balaban J connectivity index is 1.91. The van der Waals surface area contributed by atoms with Crippen LogP contribution in [-0.2, 0) is 14.8 Å². The fourth-order valence-corrected chi connectivity index (χ4v) is 4.78. The third kappa shape index (κ3) is 4.28. The first-order valence-corrected chi connectivity index (χ1v) is 10.8. The Morgan fingerprint density at radius 1 is 1.15 bits per heavy atom. The molecule has 6 nitrogen and oxygen atoms in total. The highest BCUT2D eigenvalue weighted by atomic mass is 32.2. The molecule has 0 radical (unpaired) electrons. The van der Waals surface area contributed by atoms with Crippen LogP contribution < -0.4 is 10.0 Å². The molecule has 3 rings (SSSR count). The van der Waals surface area contributed by atoms with Crippen molar-refractivity contribution in [3.05, 3.63) is 47.5 Å². The van der Waals surface area contributed by atoms with Gasteiger partial charge in [0.25, 0.3) is 10.0 Å². The highest BCUT2D eigenvalue weighted by Gasteiger charge is 2.16. The number of aryl methyl sites for hydroxylation is 1. The van der Waals surface area contributed by atoms with Gasteiger partial charge in [-0.25, -0.2) is 13.4 Å². The fraction of sp³-hybridized carbons (Fsp3) is 0.263. The SMILES string of the molecule is CC(=O)Nc1nc2c(C)cc(NS(=O)(=O)c3ccc(C(C)C)cc3)cc2s1. The van der Waals surface area contributed by atoms with E-state index < -0.39 is 10.0 Å². The second kappa shape index (κ2) is 7.28. The molecular formula is C19H21N3O3S2. The summed E-state index contributed by atoms with van der Waals surface area (Å²) in [5.41, 5.74) is 3.12. The molecule has 2 aromatic carbocycles. The third-order valence-electron chi connectivity index (χ3n) is 4.08. The Hall–Kier alpha value is -2.45. The van der Waals surface area contributed by atoms with Crippen molar-refractivity contribution in [1.82, 2.24) is 4.98 Å². The summed E-state index contributed by atoms with van der Waals surface area (Å²) in [6, 6.07) is 10.4. The van der Waals surface area contributed by atoms with Crippen LogP contribution in [0.25, 0.3) is 10.2 Å². The van der Waals surface area contributed by atoms with Gasteiger partial charge in [-0.1, -0.05) is 37.3 Å². The first kappa shape index (κ1) is 19.3. The zero-order chi connectivity index (χ0) is 19.8. The first-order valence-electron chi connectivity index (χ1n) is 8.47. The van der Waals surface area contributed by atoms with E-state index in [2.05, 4.69) is 28.9 Å². The molecule has 0 aliphatic carbocycles. The van der Waals surface area contributed by atoms with Gasteiger partial charge < -0.3 is 5.32 Å². The standard InChI is InChI=1S/C19H21N3O3S2/c1-11(2)14-5-7-16(8-6-14)27(24,25)22-15-9-12(3)18-17(10-15)26-19(21-18)20-13(4)23/h5-11,22H,1-4H3,(H,20,21,23). The molecule has 2 N–H and O–H groups in total. The van der Waals surface area contributed by atoms with Crippen LogP contribution >= 0.6 is 11.3 Å². The lowest BCUT2D eigenvalue weighted by molar-refractivity contribution is -0.114. The number of carbonyl (C=O) groups is 1. The number of anilines is 2. The maximum atomic E-state index is 12.7. The average Bonchev–Trinajstić information content (AvgIpc) is 2.96. The summed E-state index contributed by atoms with van der Waals surface area (Å²) in [6.07, 6.45) is 0. The summed E-state index contributed by atoms with van der Waals surface area (Å²) in [5.74, 6) is 0.140. The molecule has 0 unspecified atom stereocenters. The molecular weight excluding hydrogens is 382 g/mol. The molecule has 1 aromatic heterocycles. The minimum Gasteiger partial charge on any atom is -0.302 e. The van der Waals surface area contributed by atoms with Gasteiger partial charge >= 0.3 is 0 Å². The van der Waals surface area contributed by atoms with Crippen molar-refractivity contribution in [3.8, 4) is 0 Å². The van der Waals surface area contributed by atoms with Crippen LogP contribution in [0.15, 0.2) is 41.3 Å². The fourth-order valence-electron chi connectivity index (χ4n) is 2.71. The molecule has 8 heteroatoms. The van der Waals surface area contributed by atoms with Gasteiger partial charge in [0.1, 0.15) is 0 Å². The summed E-state index contributed by atoms with van der Waals surface area (Å²) >= 11 is 1.30. The molecule has 27 heavy (non-hydrogen) atoms. The monoisotopic (exact) mass is 403 g/mol. The van der Waals surface area contributed by atoms with Crippen LogP contribution in [0.3, 0.4) is 0 Å². The minimum atomic E-state index is -3.69. The van der Waals surface area contributed by atoms with Crippen molar-refractivity contribution < 1.29 is 13.2 Å². The third-order valence-corrected chi connectivity index (χ3v) is 6.39. The summed E-state index contributed by atoms with van der Waals surface area (Å²) < 4.78 is 28.8. The molecule has 0 bridgehead atoms. The molecule has 0 saturated carbocycles. The van der Waals surface area contributed by atoms with Gasteiger partial charge in [0, 0.05) is 6.92 Å². The van der Waals surface area contributed by atoms with Gasteiger partial charge in [0.05, 0.1) is 20.8 Å². The highest BCUT2D eigenvalue weighted by Crippen LogP contribution is 2.32. The number of thiazole rings is 1. The molecule has 3 aromatic rings. The maximum Gasteiger partial charge on any atom is 0.261 e. The van der Waals surface area contributed by atoms with Gasteiger partial charge in [-0.3, -0.25) is 9.52 Å². The number of nitrogens with one attached hydrogen (secondary N) is 2. The summed E-state index contributed by atoms with van der Waals surface area (Å²) in [5, 5.41) is 3.15. The van der Waals surface area contributed by atoms with Crippen LogP contribution in [0, 0.1) is 6.92 Å². The molecule has 1 heterocycles. The van der Waals surface area contributed by atoms with Crippen LogP contribution in [0.2, 0.25) is 0 Å². The summed E-state index contributed by atoms with van der Waals surface area (Å²) in [6.45, 7) is 7.39. The number of nitrogens with zero attached hydrogens (tertiary/aromatic N) is 1. The van der Waals surface area contributed by atoms with Gasteiger partial charge in [-0.2, -0.15) is 0 Å². The first-order chi connectivity index (χ1) is 12.7. The van der Waals surface area contributed by atoms with Crippen molar-refractivity contribution in [3.63, 3.8) is 0 Å². The number of sulfonamides is 1. The smallest absolute Gasteiger partial charge is 0.261 e. The molecule has 1 amide bonds. The Bertz CT molecular complexity index is 1100. The van der Waals surface area contributed by atoms with Crippen molar-refractivity contribution in [1.29, 1.82) is 0 Å². The van der Waals surface area contributed by atoms with E-state index in [4.69, 9.17) is 0 Å². The van der Waals surface area contributed by atoms with E-state index in [9.17, 15) is 13.2 Å². The van der Waals surface area contributed by atoms with Crippen LogP contribution in [0.4, 0.5) is 10.8 Å². The predicted octanol–water partition coefficient (Wildman–Crippen LogP) is 4.49. The molecule has 0 atom stereocenters. The second-order valence-corrected chi connectivity index (χ2v) is 9.38. The van der Waals surface area contributed by atoms with Crippen LogP contribution in [0.5, 0.6) is 0 Å². The van der Waals surface area contributed by atoms with Crippen molar-refractivity contribution >= 4 is 48.3 Å². The zero-order valence-corrected chi connectivity index (χ0v) is 17.2. The predicted molar refractivity (Wildman–Crippen MR) is 110 cm³/mol. The number of hydrogen-bond acceptors (Lipinski definition) is 5. The van der Waals surface area contributed by atoms with Crippen LogP contribution in [-0.4, -0.2) is 19.3 Å². The molecule has 0 aliphatic heterocycles. The van der Waals surface area contributed by atoms with E-state index >= 15 is 0 Å². The number of benzene rings is 2. The van der Waals surface area contributed by atoms with E-state index in [1.807, 2.05) is 19.1 Å². The van der Waals surface area contributed by atoms with E-state index in [-0.39, 0.29) is 10.8 Å². The zero-order valence-electron chi connectivity index (χ0n) is 15.5.